The lowest BCUT2D eigenvalue weighted by Gasteiger charge is -2.19. The first-order chi connectivity index (χ1) is 12.4. The molecule has 2 aromatic rings. The molecule has 2 rings (SSSR count). The lowest BCUT2D eigenvalue weighted by molar-refractivity contribution is -0.144. The quantitative estimate of drug-likeness (QED) is 0.702. The molecule has 6 nitrogen and oxygen atoms in total. The zero-order valence-electron chi connectivity index (χ0n) is 14.5. The second kappa shape index (κ2) is 8.92. The van der Waals surface area contributed by atoms with Gasteiger partial charge in [-0.05, 0) is 30.0 Å². The molecule has 0 aliphatic heterocycles. The Morgan fingerprint density at radius 1 is 1.04 bits per heavy atom. The number of carbonyl (C=O) groups is 3. The molecule has 0 aromatic heterocycles. The summed E-state index contributed by atoms with van der Waals surface area (Å²) in [6.45, 7) is 1.90. The summed E-state index contributed by atoms with van der Waals surface area (Å²) in [5, 5.41) is 11.7. The fourth-order valence-electron chi connectivity index (χ4n) is 2.73. The molecular weight excluding hydrogens is 332 g/mol. The van der Waals surface area contributed by atoms with E-state index in [1.54, 1.807) is 42.5 Å². The van der Waals surface area contributed by atoms with Crippen LogP contribution in [0, 0.1) is 5.92 Å². The molecule has 0 saturated carbocycles. The van der Waals surface area contributed by atoms with Crippen LogP contribution in [-0.2, 0) is 22.4 Å². The Hall–Kier alpha value is -2.99. The molecule has 0 fully saturated rings. The zero-order valence-corrected chi connectivity index (χ0v) is 14.5. The number of carboxylic acid groups (broad SMARTS) is 1. The number of carboxylic acids is 1. The third-order valence-corrected chi connectivity index (χ3v) is 4.23. The zero-order chi connectivity index (χ0) is 19.1. The summed E-state index contributed by atoms with van der Waals surface area (Å²) in [7, 11) is 0. The molecule has 2 aromatic carbocycles. The number of aryl methyl sites for hydroxylation is 1. The Labute approximate surface area is 152 Å². The van der Waals surface area contributed by atoms with Crippen LogP contribution in [0.4, 0.5) is 0 Å². The van der Waals surface area contributed by atoms with Crippen molar-refractivity contribution in [3.8, 4) is 0 Å². The van der Waals surface area contributed by atoms with Crippen LogP contribution in [-0.4, -0.2) is 28.9 Å². The predicted octanol–water partition coefficient (Wildman–Crippen LogP) is 1.78. The van der Waals surface area contributed by atoms with Crippen LogP contribution in [0.1, 0.15) is 28.4 Å². The summed E-state index contributed by atoms with van der Waals surface area (Å²) >= 11 is 0. The topological polar surface area (TPSA) is 109 Å². The maximum absolute atomic E-state index is 12.4. The third kappa shape index (κ3) is 4.77. The maximum Gasteiger partial charge on any atom is 0.308 e. The number of nitrogens with one attached hydrogen (secondary N) is 1. The lowest BCUT2D eigenvalue weighted by atomic mass is 9.92. The summed E-state index contributed by atoms with van der Waals surface area (Å²) in [6.07, 6.45) is 0.736. The first-order valence-electron chi connectivity index (χ1n) is 8.39. The molecule has 2 amide bonds. The van der Waals surface area contributed by atoms with Gasteiger partial charge in [0.2, 0.25) is 5.91 Å². The Bertz CT molecular complexity index is 789. The van der Waals surface area contributed by atoms with Crippen LogP contribution in [0.5, 0.6) is 0 Å². The van der Waals surface area contributed by atoms with Gasteiger partial charge in [0.15, 0.2) is 0 Å². The molecule has 1 unspecified atom stereocenters. The molecule has 0 bridgehead atoms. The van der Waals surface area contributed by atoms with Gasteiger partial charge in [0.25, 0.3) is 5.91 Å². The molecule has 0 aliphatic carbocycles. The first-order valence-corrected chi connectivity index (χ1v) is 8.39. The Morgan fingerprint density at radius 3 is 2.27 bits per heavy atom. The monoisotopic (exact) mass is 354 g/mol. The molecule has 6 heteroatoms. The van der Waals surface area contributed by atoms with Gasteiger partial charge in [-0.2, -0.15) is 0 Å². The predicted molar refractivity (Wildman–Crippen MR) is 97.5 cm³/mol. The van der Waals surface area contributed by atoms with E-state index in [0.717, 1.165) is 11.1 Å². The number of carbonyl (C=O) groups excluding carboxylic acids is 2. The molecular formula is C20H22N2O4. The molecule has 0 heterocycles. The lowest BCUT2D eigenvalue weighted by Crippen LogP contribution is -2.50. The normalized spacial score (nSPS) is 12.8. The minimum Gasteiger partial charge on any atom is -0.481 e. The van der Waals surface area contributed by atoms with Gasteiger partial charge in [-0.1, -0.05) is 55.5 Å². The maximum atomic E-state index is 12.4. The van der Waals surface area contributed by atoms with Gasteiger partial charge in [-0.3, -0.25) is 19.7 Å². The fraction of sp³-hybridized carbons (Fsp3) is 0.250. The van der Waals surface area contributed by atoms with E-state index in [4.69, 9.17) is 5.73 Å². The van der Waals surface area contributed by atoms with Gasteiger partial charge in [0.05, 0.1) is 12.0 Å². The molecule has 136 valence electrons. The fourth-order valence-corrected chi connectivity index (χ4v) is 2.73. The van der Waals surface area contributed by atoms with Gasteiger partial charge in [-0.15, -0.1) is 0 Å². The summed E-state index contributed by atoms with van der Waals surface area (Å²) < 4.78 is 0. The van der Waals surface area contributed by atoms with Gasteiger partial charge in [0.1, 0.15) is 0 Å². The molecule has 0 radical (unpaired) electrons. The van der Waals surface area contributed by atoms with E-state index >= 15 is 0 Å². The molecule has 0 aliphatic rings. The Balaban J connectivity index is 2.11. The molecule has 0 spiro atoms. The van der Waals surface area contributed by atoms with E-state index in [2.05, 4.69) is 5.32 Å². The minimum absolute atomic E-state index is 0.102. The van der Waals surface area contributed by atoms with Crippen molar-refractivity contribution in [2.45, 2.75) is 25.8 Å². The number of aliphatic carboxylic acids is 1. The number of hydrogen-bond acceptors (Lipinski definition) is 4. The van der Waals surface area contributed by atoms with Crippen molar-refractivity contribution in [1.82, 2.24) is 5.32 Å². The van der Waals surface area contributed by atoms with E-state index in [-0.39, 0.29) is 6.42 Å². The number of benzene rings is 2. The standard InChI is InChI=1S/C20H22N2O4/c1-2-14-10-6-7-11-15(14)18(23)22-19(24)17(21)16(20(25)26)12-13-8-4-3-5-9-13/h3-11,16-17H,2,12,21H2,1H3,(H,25,26)(H,22,23,24)/t16?,17-/m0/s1. The Kier molecular flexibility index (Phi) is 6.63. The highest BCUT2D eigenvalue weighted by Gasteiger charge is 2.32. The average molecular weight is 354 g/mol. The summed E-state index contributed by atoms with van der Waals surface area (Å²) in [4.78, 5) is 36.3. The van der Waals surface area contributed by atoms with Crippen molar-refractivity contribution in [2.24, 2.45) is 11.7 Å². The smallest absolute Gasteiger partial charge is 0.308 e. The second-order valence-electron chi connectivity index (χ2n) is 5.99. The van der Waals surface area contributed by atoms with E-state index in [9.17, 15) is 19.5 Å². The SMILES string of the molecule is CCc1ccccc1C(=O)NC(=O)[C@@H](N)C(Cc1ccccc1)C(=O)O. The van der Waals surface area contributed by atoms with E-state index < -0.39 is 29.7 Å². The highest BCUT2D eigenvalue weighted by Crippen LogP contribution is 2.13. The van der Waals surface area contributed by atoms with E-state index in [1.807, 2.05) is 19.1 Å². The van der Waals surface area contributed by atoms with Gasteiger partial charge < -0.3 is 10.8 Å². The molecule has 0 saturated heterocycles. The third-order valence-electron chi connectivity index (χ3n) is 4.23. The number of nitrogens with two attached hydrogens (primary N) is 1. The van der Waals surface area contributed by atoms with Crippen LogP contribution in [0.2, 0.25) is 0 Å². The van der Waals surface area contributed by atoms with Crippen LogP contribution >= 0.6 is 0 Å². The molecule has 4 N–H and O–H groups in total. The number of amides is 2. The highest BCUT2D eigenvalue weighted by atomic mass is 16.4. The van der Waals surface area contributed by atoms with Gasteiger partial charge >= 0.3 is 5.97 Å². The van der Waals surface area contributed by atoms with Gasteiger partial charge in [0, 0.05) is 5.56 Å². The summed E-state index contributed by atoms with van der Waals surface area (Å²) in [5.74, 6) is -3.69. The van der Waals surface area contributed by atoms with Crippen LogP contribution < -0.4 is 11.1 Å². The first kappa shape index (κ1) is 19.3. The largest absolute Gasteiger partial charge is 0.481 e. The van der Waals surface area contributed by atoms with Crippen molar-refractivity contribution in [3.63, 3.8) is 0 Å². The number of imide groups is 1. The highest BCUT2D eigenvalue weighted by molar-refractivity contribution is 6.07. The van der Waals surface area contributed by atoms with Crippen molar-refractivity contribution in [2.75, 3.05) is 0 Å². The van der Waals surface area contributed by atoms with Crippen molar-refractivity contribution in [1.29, 1.82) is 0 Å². The van der Waals surface area contributed by atoms with Crippen molar-refractivity contribution < 1.29 is 19.5 Å². The average Bonchev–Trinajstić information content (AvgIpc) is 2.66. The van der Waals surface area contributed by atoms with E-state index in [1.165, 1.54) is 0 Å². The molecule has 2 atom stereocenters. The van der Waals surface area contributed by atoms with Crippen molar-refractivity contribution >= 4 is 17.8 Å². The van der Waals surface area contributed by atoms with Crippen LogP contribution in [0.15, 0.2) is 54.6 Å². The van der Waals surface area contributed by atoms with Crippen LogP contribution in [0.25, 0.3) is 0 Å². The van der Waals surface area contributed by atoms with E-state index in [0.29, 0.717) is 12.0 Å². The second-order valence-corrected chi connectivity index (χ2v) is 5.99. The minimum atomic E-state index is -1.34. The molecule has 26 heavy (non-hydrogen) atoms. The van der Waals surface area contributed by atoms with Gasteiger partial charge in [-0.25, -0.2) is 0 Å². The van der Waals surface area contributed by atoms with Crippen LogP contribution in [0.3, 0.4) is 0 Å². The summed E-state index contributed by atoms with van der Waals surface area (Å²) in [6, 6.07) is 14.5. The Morgan fingerprint density at radius 2 is 1.65 bits per heavy atom. The number of rotatable bonds is 7. The number of hydrogen-bond donors (Lipinski definition) is 3. The van der Waals surface area contributed by atoms with Crippen molar-refractivity contribution in [3.05, 3.63) is 71.3 Å². The summed E-state index contributed by atoms with van der Waals surface area (Å²) in [5.41, 5.74) is 7.79.